The average Bonchev–Trinajstić information content (AvgIpc) is 3.13. The number of hydrazone groups is 1. The van der Waals surface area contributed by atoms with Crippen LogP contribution in [0, 0.1) is 6.92 Å². The molecule has 1 aromatic heterocycles. The van der Waals surface area contributed by atoms with E-state index in [0.29, 0.717) is 0 Å². The quantitative estimate of drug-likeness (QED) is 0.346. The van der Waals surface area contributed by atoms with Gasteiger partial charge in [0.25, 0.3) is 0 Å². The number of carbonyl (C=O) groups excluding carboxylic acids is 1. The van der Waals surface area contributed by atoms with E-state index in [-0.39, 0.29) is 11.7 Å². The molecule has 1 N–H and O–H groups in total. The largest absolute Gasteiger partial charge is 0.497 e. The van der Waals surface area contributed by atoms with Crippen molar-refractivity contribution in [2.75, 3.05) is 20.0 Å². The molecule has 0 radical (unpaired) electrons. The molecule has 6 nitrogen and oxygen atoms in total. The molecule has 0 saturated carbocycles. The van der Waals surface area contributed by atoms with Gasteiger partial charge in [-0.15, -0.1) is 11.8 Å². The number of aromatic nitrogens is 1. The van der Waals surface area contributed by atoms with E-state index >= 15 is 0 Å². The minimum absolute atomic E-state index is 0.165. The van der Waals surface area contributed by atoms with Crippen molar-refractivity contribution in [3.63, 3.8) is 0 Å². The lowest BCUT2D eigenvalue weighted by molar-refractivity contribution is -0.118. The van der Waals surface area contributed by atoms with E-state index < -0.39 is 0 Å². The number of amides is 1. The van der Waals surface area contributed by atoms with E-state index in [4.69, 9.17) is 9.47 Å². The first-order chi connectivity index (χ1) is 14.1. The number of methoxy groups -OCH3 is 2. The summed E-state index contributed by atoms with van der Waals surface area (Å²) in [4.78, 5) is 13.1. The van der Waals surface area contributed by atoms with E-state index in [1.165, 1.54) is 11.8 Å². The van der Waals surface area contributed by atoms with E-state index in [1.807, 2.05) is 67.6 Å². The molecule has 0 aliphatic rings. The SMILES string of the molecule is COc1ccc(SCC(=O)N/N=C\c2ccc(C)n2-c2ccc(OC)cc2)cc1. The summed E-state index contributed by atoms with van der Waals surface area (Å²) in [7, 11) is 3.27. The summed E-state index contributed by atoms with van der Waals surface area (Å²) in [6, 6.07) is 19.3. The first-order valence-electron chi connectivity index (χ1n) is 9.02. The van der Waals surface area contributed by atoms with E-state index in [2.05, 4.69) is 15.1 Å². The molecule has 0 aliphatic heterocycles. The Hall–Kier alpha value is -3.19. The second kappa shape index (κ2) is 9.84. The van der Waals surface area contributed by atoms with Crippen molar-refractivity contribution in [1.82, 2.24) is 9.99 Å². The van der Waals surface area contributed by atoms with Gasteiger partial charge in [-0.2, -0.15) is 5.10 Å². The molecule has 29 heavy (non-hydrogen) atoms. The zero-order valence-corrected chi connectivity index (χ0v) is 17.4. The summed E-state index contributed by atoms with van der Waals surface area (Å²) in [6.07, 6.45) is 1.65. The van der Waals surface area contributed by atoms with Gasteiger partial charge in [0.1, 0.15) is 11.5 Å². The van der Waals surface area contributed by atoms with Crippen LogP contribution in [0.4, 0.5) is 0 Å². The molecule has 2 aromatic carbocycles. The number of aryl methyl sites for hydroxylation is 1. The van der Waals surface area contributed by atoms with Gasteiger partial charge in [-0.3, -0.25) is 4.79 Å². The van der Waals surface area contributed by atoms with Gasteiger partial charge in [-0.25, -0.2) is 5.43 Å². The smallest absolute Gasteiger partial charge is 0.250 e. The second-order valence-corrected chi connectivity index (χ2v) is 7.24. The molecule has 0 spiro atoms. The summed E-state index contributed by atoms with van der Waals surface area (Å²) in [5.74, 6) is 1.71. The third-order valence-electron chi connectivity index (χ3n) is 4.25. The highest BCUT2D eigenvalue weighted by Crippen LogP contribution is 2.21. The molecule has 1 amide bonds. The van der Waals surface area contributed by atoms with Crippen LogP contribution in [0.2, 0.25) is 0 Å². The van der Waals surface area contributed by atoms with Crippen LogP contribution < -0.4 is 14.9 Å². The monoisotopic (exact) mass is 409 g/mol. The molecule has 0 fully saturated rings. The number of benzene rings is 2. The topological polar surface area (TPSA) is 64.8 Å². The van der Waals surface area contributed by atoms with Gasteiger partial charge in [-0.05, 0) is 67.6 Å². The Labute approximate surface area is 174 Å². The molecule has 3 aromatic rings. The van der Waals surface area contributed by atoms with Gasteiger partial charge in [0, 0.05) is 16.3 Å². The normalized spacial score (nSPS) is 10.9. The molecule has 0 bridgehead atoms. The summed E-state index contributed by atoms with van der Waals surface area (Å²) in [6.45, 7) is 2.02. The highest BCUT2D eigenvalue weighted by Gasteiger charge is 2.07. The molecule has 1 heterocycles. The zero-order chi connectivity index (χ0) is 20.6. The fourth-order valence-corrected chi connectivity index (χ4v) is 3.46. The Kier molecular flexibility index (Phi) is 6.97. The molecule has 0 aliphatic carbocycles. The van der Waals surface area contributed by atoms with Crippen LogP contribution >= 0.6 is 11.8 Å². The fourth-order valence-electron chi connectivity index (χ4n) is 2.77. The van der Waals surface area contributed by atoms with Crippen LogP contribution in [0.25, 0.3) is 5.69 Å². The van der Waals surface area contributed by atoms with Crippen molar-refractivity contribution >= 4 is 23.9 Å². The number of nitrogens with one attached hydrogen (secondary N) is 1. The van der Waals surface area contributed by atoms with Gasteiger partial charge in [0.05, 0.1) is 31.9 Å². The Balaban J connectivity index is 1.59. The molecular weight excluding hydrogens is 386 g/mol. The van der Waals surface area contributed by atoms with Gasteiger partial charge in [0.15, 0.2) is 0 Å². The number of hydrogen-bond donors (Lipinski definition) is 1. The minimum atomic E-state index is -0.165. The van der Waals surface area contributed by atoms with E-state index in [9.17, 15) is 4.79 Å². The summed E-state index contributed by atoms with van der Waals surface area (Å²) >= 11 is 1.44. The van der Waals surface area contributed by atoms with Crippen LogP contribution in [-0.4, -0.2) is 36.7 Å². The molecule has 150 valence electrons. The average molecular weight is 410 g/mol. The summed E-state index contributed by atoms with van der Waals surface area (Å²) in [5, 5.41) is 4.11. The fraction of sp³-hybridized carbons (Fsp3) is 0.182. The van der Waals surface area contributed by atoms with Crippen molar-refractivity contribution in [2.24, 2.45) is 5.10 Å². The zero-order valence-electron chi connectivity index (χ0n) is 16.6. The molecule has 3 rings (SSSR count). The number of thioether (sulfide) groups is 1. The van der Waals surface area contributed by atoms with Crippen molar-refractivity contribution in [1.29, 1.82) is 0 Å². The van der Waals surface area contributed by atoms with Crippen molar-refractivity contribution in [3.8, 4) is 17.2 Å². The van der Waals surface area contributed by atoms with Crippen molar-refractivity contribution in [3.05, 3.63) is 72.1 Å². The predicted octanol–water partition coefficient (Wildman–Crippen LogP) is 4.05. The molecule has 0 atom stereocenters. The minimum Gasteiger partial charge on any atom is -0.497 e. The predicted molar refractivity (Wildman–Crippen MR) is 117 cm³/mol. The van der Waals surface area contributed by atoms with Gasteiger partial charge in [-0.1, -0.05) is 0 Å². The maximum atomic E-state index is 12.1. The Morgan fingerprint density at radius 1 is 1.00 bits per heavy atom. The molecular formula is C22H23N3O3S. The number of carbonyl (C=O) groups is 1. The third kappa shape index (κ3) is 5.42. The first kappa shape index (κ1) is 20.5. The lowest BCUT2D eigenvalue weighted by Gasteiger charge is -2.10. The highest BCUT2D eigenvalue weighted by atomic mass is 32.2. The van der Waals surface area contributed by atoms with Crippen LogP contribution in [0.3, 0.4) is 0 Å². The lowest BCUT2D eigenvalue weighted by atomic mass is 10.3. The Morgan fingerprint density at radius 2 is 1.62 bits per heavy atom. The standard InChI is InChI=1S/C22H23N3O3S/c1-16-4-5-18(25(16)17-6-8-19(27-2)9-7-17)14-23-24-22(26)15-29-21-12-10-20(28-3)11-13-21/h4-14H,15H2,1-3H3,(H,24,26)/b23-14-. The highest BCUT2D eigenvalue weighted by molar-refractivity contribution is 8.00. The maximum absolute atomic E-state index is 12.1. The molecule has 7 heteroatoms. The third-order valence-corrected chi connectivity index (χ3v) is 5.26. The number of ether oxygens (including phenoxy) is 2. The summed E-state index contributed by atoms with van der Waals surface area (Å²) < 4.78 is 12.4. The Morgan fingerprint density at radius 3 is 2.24 bits per heavy atom. The second-order valence-electron chi connectivity index (χ2n) is 6.19. The Bertz CT molecular complexity index is 980. The van der Waals surface area contributed by atoms with E-state index in [1.54, 1.807) is 20.4 Å². The van der Waals surface area contributed by atoms with Crippen LogP contribution in [-0.2, 0) is 4.79 Å². The van der Waals surface area contributed by atoms with Crippen molar-refractivity contribution in [2.45, 2.75) is 11.8 Å². The van der Waals surface area contributed by atoms with Gasteiger partial charge in [0.2, 0.25) is 5.91 Å². The maximum Gasteiger partial charge on any atom is 0.250 e. The van der Waals surface area contributed by atoms with Gasteiger partial charge < -0.3 is 14.0 Å². The first-order valence-corrected chi connectivity index (χ1v) is 10.0. The molecule has 0 unspecified atom stereocenters. The lowest BCUT2D eigenvalue weighted by Crippen LogP contribution is -2.19. The summed E-state index contributed by atoms with van der Waals surface area (Å²) in [5.41, 5.74) is 5.52. The number of hydrogen-bond acceptors (Lipinski definition) is 5. The van der Waals surface area contributed by atoms with Crippen LogP contribution in [0.1, 0.15) is 11.4 Å². The molecule has 0 saturated heterocycles. The number of nitrogens with zero attached hydrogens (tertiary/aromatic N) is 2. The van der Waals surface area contributed by atoms with Gasteiger partial charge >= 0.3 is 0 Å². The number of rotatable bonds is 8. The van der Waals surface area contributed by atoms with Crippen molar-refractivity contribution < 1.29 is 14.3 Å². The van der Waals surface area contributed by atoms with Crippen LogP contribution in [0.5, 0.6) is 11.5 Å². The van der Waals surface area contributed by atoms with E-state index in [0.717, 1.165) is 33.5 Å². The van der Waals surface area contributed by atoms with Crippen LogP contribution in [0.15, 0.2) is 70.7 Å².